The monoisotopic (exact) mass is 490 g/mol. The molecule has 0 unspecified atom stereocenters. The summed E-state index contributed by atoms with van der Waals surface area (Å²) >= 11 is 6.79. The summed E-state index contributed by atoms with van der Waals surface area (Å²) in [6.07, 6.45) is 2.85. The standard InChI is InChI=1S/C20H27ClN2O4S3/c1-5-29(24,25)19-23-18(30(26,27)16-8-6-14(21)7-9-16)17(28-19)22-15-10-13(2)11-20(3,4)12-15/h6-9,13,15,22H,5,10-12H2,1-4H3/t13-,15-/m1/s1. The maximum absolute atomic E-state index is 13.3. The molecule has 1 aromatic carbocycles. The first-order valence-corrected chi connectivity index (χ1v) is 14.2. The van der Waals surface area contributed by atoms with Crippen molar-refractivity contribution in [2.45, 2.75) is 67.3 Å². The maximum atomic E-state index is 13.3. The molecule has 6 nitrogen and oxygen atoms in total. The van der Waals surface area contributed by atoms with Crippen molar-refractivity contribution in [1.82, 2.24) is 4.98 Å². The molecule has 0 amide bonds. The summed E-state index contributed by atoms with van der Waals surface area (Å²) < 4.78 is 51.3. The van der Waals surface area contributed by atoms with Crippen LogP contribution >= 0.6 is 22.9 Å². The predicted octanol–water partition coefficient (Wildman–Crippen LogP) is 5.05. The van der Waals surface area contributed by atoms with Crippen LogP contribution in [0.2, 0.25) is 5.02 Å². The minimum absolute atomic E-state index is 0.0260. The average Bonchev–Trinajstić information content (AvgIpc) is 3.05. The van der Waals surface area contributed by atoms with Gasteiger partial charge in [0, 0.05) is 11.1 Å². The van der Waals surface area contributed by atoms with Crippen molar-refractivity contribution in [1.29, 1.82) is 0 Å². The van der Waals surface area contributed by atoms with Crippen LogP contribution in [-0.4, -0.2) is 33.6 Å². The van der Waals surface area contributed by atoms with Gasteiger partial charge in [-0.25, -0.2) is 21.8 Å². The van der Waals surface area contributed by atoms with Crippen molar-refractivity contribution in [3.8, 4) is 0 Å². The largest absolute Gasteiger partial charge is 0.372 e. The van der Waals surface area contributed by atoms with E-state index in [-0.39, 0.29) is 36.5 Å². The topological polar surface area (TPSA) is 93.2 Å². The number of nitrogens with zero attached hydrogens (tertiary/aromatic N) is 1. The molecule has 0 bridgehead atoms. The van der Waals surface area contributed by atoms with E-state index < -0.39 is 19.7 Å². The van der Waals surface area contributed by atoms with Crippen LogP contribution in [0.3, 0.4) is 0 Å². The first kappa shape index (κ1) is 23.5. The molecule has 0 aliphatic heterocycles. The third kappa shape index (κ3) is 5.00. The number of halogens is 1. The van der Waals surface area contributed by atoms with E-state index in [2.05, 4.69) is 31.1 Å². The molecule has 0 spiro atoms. The molecule has 1 heterocycles. The van der Waals surface area contributed by atoms with E-state index in [0.717, 1.165) is 30.6 Å². The highest BCUT2D eigenvalue weighted by atomic mass is 35.5. The molecule has 166 valence electrons. The Hall–Kier alpha value is -1.16. The minimum atomic E-state index is -4.01. The Morgan fingerprint density at radius 3 is 2.37 bits per heavy atom. The van der Waals surface area contributed by atoms with Crippen molar-refractivity contribution in [3.05, 3.63) is 29.3 Å². The molecule has 0 radical (unpaired) electrons. The lowest BCUT2D eigenvalue weighted by Crippen LogP contribution is -2.35. The first-order chi connectivity index (χ1) is 13.8. The molecule has 1 aliphatic rings. The zero-order valence-electron chi connectivity index (χ0n) is 17.5. The Balaban J connectivity index is 2.07. The number of hydrogen-bond donors (Lipinski definition) is 1. The normalized spacial score (nSPS) is 22.0. The molecule has 2 atom stereocenters. The Morgan fingerprint density at radius 1 is 1.17 bits per heavy atom. The van der Waals surface area contributed by atoms with E-state index in [1.165, 1.54) is 31.2 Å². The Labute approximate surface area is 187 Å². The zero-order chi connectivity index (χ0) is 22.3. The third-order valence-corrected chi connectivity index (χ3v) is 10.6. The van der Waals surface area contributed by atoms with Crippen LogP contribution in [0.4, 0.5) is 5.00 Å². The molecule has 1 saturated carbocycles. The second kappa shape index (κ2) is 8.41. The number of aromatic nitrogens is 1. The molecule has 30 heavy (non-hydrogen) atoms. The summed E-state index contributed by atoms with van der Waals surface area (Å²) in [5.74, 6) is 0.336. The lowest BCUT2D eigenvalue weighted by molar-refractivity contribution is 0.178. The summed E-state index contributed by atoms with van der Waals surface area (Å²) in [6, 6.07) is 5.83. The predicted molar refractivity (Wildman–Crippen MR) is 121 cm³/mol. The van der Waals surface area contributed by atoms with Gasteiger partial charge in [0.15, 0.2) is 5.03 Å². The summed E-state index contributed by atoms with van der Waals surface area (Å²) in [5.41, 5.74) is 0.119. The van der Waals surface area contributed by atoms with Crippen LogP contribution in [0.5, 0.6) is 0 Å². The number of thiazole rings is 1. The highest BCUT2D eigenvalue weighted by Gasteiger charge is 2.35. The summed E-state index contributed by atoms with van der Waals surface area (Å²) in [6.45, 7) is 8.09. The van der Waals surface area contributed by atoms with Crippen LogP contribution in [0.15, 0.2) is 38.5 Å². The summed E-state index contributed by atoms with van der Waals surface area (Å²) in [7, 11) is -7.66. The van der Waals surface area contributed by atoms with Crippen LogP contribution in [-0.2, 0) is 19.7 Å². The van der Waals surface area contributed by atoms with Gasteiger partial charge in [-0.2, -0.15) is 0 Å². The van der Waals surface area contributed by atoms with Crippen molar-refractivity contribution in [2.75, 3.05) is 11.1 Å². The van der Waals surface area contributed by atoms with Crippen molar-refractivity contribution < 1.29 is 16.8 Å². The van der Waals surface area contributed by atoms with Gasteiger partial charge in [0.05, 0.1) is 10.6 Å². The van der Waals surface area contributed by atoms with Gasteiger partial charge in [-0.3, -0.25) is 0 Å². The van der Waals surface area contributed by atoms with Crippen LogP contribution < -0.4 is 5.32 Å². The van der Waals surface area contributed by atoms with Crippen molar-refractivity contribution in [3.63, 3.8) is 0 Å². The van der Waals surface area contributed by atoms with E-state index >= 15 is 0 Å². The summed E-state index contributed by atoms with van der Waals surface area (Å²) in [5, 5.41) is 3.79. The fourth-order valence-corrected chi connectivity index (χ4v) is 8.37. The smallest absolute Gasteiger partial charge is 0.226 e. The number of nitrogens with one attached hydrogen (secondary N) is 1. The van der Waals surface area contributed by atoms with Crippen LogP contribution in [0, 0.1) is 11.3 Å². The van der Waals surface area contributed by atoms with Gasteiger partial charge in [0.1, 0.15) is 5.00 Å². The molecule has 1 N–H and O–H groups in total. The quantitative estimate of drug-likeness (QED) is 0.609. The molecule has 1 fully saturated rings. The van der Waals surface area contributed by atoms with E-state index in [1.807, 2.05) is 0 Å². The fourth-order valence-electron chi connectivity index (χ4n) is 4.18. The number of benzene rings is 1. The highest BCUT2D eigenvalue weighted by molar-refractivity contribution is 7.94. The molecular weight excluding hydrogens is 464 g/mol. The third-order valence-electron chi connectivity index (χ3n) is 5.32. The molecule has 2 aromatic rings. The molecule has 3 rings (SSSR count). The van der Waals surface area contributed by atoms with Gasteiger partial charge >= 0.3 is 0 Å². The Kier molecular flexibility index (Phi) is 6.59. The average molecular weight is 491 g/mol. The molecule has 1 aliphatic carbocycles. The SMILES string of the molecule is CCS(=O)(=O)c1nc(S(=O)(=O)c2ccc(Cl)cc2)c(N[C@@H]2C[C@@H](C)CC(C)(C)C2)s1. The first-order valence-electron chi connectivity index (χ1n) is 9.85. The lowest BCUT2D eigenvalue weighted by Gasteiger charge is -2.39. The number of anilines is 1. The van der Waals surface area contributed by atoms with E-state index in [9.17, 15) is 16.8 Å². The number of sulfone groups is 2. The van der Waals surface area contributed by atoms with Crippen LogP contribution in [0.1, 0.15) is 47.0 Å². The molecule has 0 saturated heterocycles. The Bertz CT molecular complexity index is 1120. The summed E-state index contributed by atoms with van der Waals surface area (Å²) in [4.78, 5) is 4.12. The maximum Gasteiger partial charge on any atom is 0.226 e. The van der Waals surface area contributed by atoms with Gasteiger partial charge in [-0.1, -0.05) is 50.6 Å². The minimum Gasteiger partial charge on any atom is -0.372 e. The van der Waals surface area contributed by atoms with Crippen molar-refractivity contribution in [2.24, 2.45) is 11.3 Å². The number of hydrogen-bond acceptors (Lipinski definition) is 7. The highest BCUT2D eigenvalue weighted by Crippen LogP contribution is 2.42. The second-order valence-electron chi connectivity index (χ2n) is 8.73. The van der Waals surface area contributed by atoms with E-state index in [0.29, 0.717) is 10.9 Å². The zero-order valence-corrected chi connectivity index (χ0v) is 20.7. The van der Waals surface area contributed by atoms with Gasteiger partial charge in [-0.15, -0.1) is 0 Å². The van der Waals surface area contributed by atoms with Crippen LogP contribution in [0.25, 0.3) is 0 Å². The van der Waals surface area contributed by atoms with E-state index in [1.54, 1.807) is 0 Å². The number of rotatable bonds is 6. The van der Waals surface area contributed by atoms with Gasteiger partial charge in [0.25, 0.3) is 0 Å². The van der Waals surface area contributed by atoms with Crippen molar-refractivity contribution >= 4 is 47.6 Å². The van der Waals surface area contributed by atoms with Gasteiger partial charge in [-0.05, 0) is 54.9 Å². The Morgan fingerprint density at radius 2 is 1.80 bits per heavy atom. The molecule has 10 heteroatoms. The second-order valence-corrected chi connectivity index (χ2v) is 14.5. The molecule has 1 aromatic heterocycles. The van der Waals surface area contributed by atoms with E-state index in [4.69, 9.17) is 11.6 Å². The molecular formula is C20H27ClN2O4S3. The lowest BCUT2D eigenvalue weighted by atomic mass is 9.71. The van der Waals surface area contributed by atoms with Gasteiger partial charge < -0.3 is 5.32 Å². The fraction of sp³-hybridized carbons (Fsp3) is 0.550. The van der Waals surface area contributed by atoms with Gasteiger partial charge in [0.2, 0.25) is 24.0 Å².